The normalized spacial score (nSPS) is 11.4. The Balaban J connectivity index is 2.31. The van der Waals surface area contributed by atoms with Gasteiger partial charge in [-0.1, -0.05) is 53.1 Å². The maximum atomic E-state index is 2.39. The van der Waals surface area contributed by atoms with Gasteiger partial charge in [0.2, 0.25) is 0 Å². The lowest BCUT2D eigenvalue weighted by Crippen LogP contribution is -1.85. The summed E-state index contributed by atoms with van der Waals surface area (Å²) in [5.74, 6) is 0. The molecule has 0 spiro atoms. The van der Waals surface area contributed by atoms with Gasteiger partial charge in [-0.15, -0.1) is 0 Å². The molecule has 1 aromatic carbocycles. The van der Waals surface area contributed by atoms with Crippen LogP contribution < -0.4 is 0 Å². The highest BCUT2D eigenvalue weighted by Gasteiger charge is 1.93. The lowest BCUT2D eigenvalue weighted by Gasteiger charge is -2.01. The van der Waals surface area contributed by atoms with E-state index in [9.17, 15) is 0 Å². The summed E-state index contributed by atoms with van der Waals surface area (Å²) in [5.41, 5.74) is 5.71. The second-order valence-corrected chi connectivity index (χ2v) is 5.39. The molecule has 0 saturated carbocycles. The van der Waals surface area contributed by atoms with Gasteiger partial charge in [0.05, 0.1) is 0 Å². The van der Waals surface area contributed by atoms with Crippen LogP contribution in [0, 0.1) is 6.92 Å². The van der Waals surface area contributed by atoms with E-state index in [1.807, 2.05) is 0 Å². The van der Waals surface area contributed by atoms with Crippen molar-refractivity contribution < 1.29 is 0 Å². The largest absolute Gasteiger partial charge is 0.0856 e. The van der Waals surface area contributed by atoms with Crippen molar-refractivity contribution in [3.63, 3.8) is 0 Å². The summed E-state index contributed by atoms with van der Waals surface area (Å²) < 4.78 is 0. The second-order valence-electron chi connectivity index (χ2n) is 5.39. The standard InChI is InChI=1S/C18H26/c1-15(2)7-5-8-16(3)9-6-10-18-13-11-17(4)12-14-18/h7,9,11-14H,5-6,8,10H2,1-4H3/b16-9+. The minimum atomic E-state index is 1.15. The predicted molar refractivity (Wildman–Crippen MR) is 81.9 cm³/mol. The highest BCUT2D eigenvalue weighted by atomic mass is 14.0. The highest BCUT2D eigenvalue weighted by molar-refractivity contribution is 5.21. The molecule has 0 fully saturated rings. The van der Waals surface area contributed by atoms with Crippen LogP contribution in [0.3, 0.4) is 0 Å². The second kappa shape index (κ2) is 7.92. The summed E-state index contributed by atoms with van der Waals surface area (Å²) in [5, 5.41) is 0. The van der Waals surface area contributed by atoms with Gasteiger partial charge in [0.15, 0.2) is 0 Å². The summed E-state index contributed by atoms with van der Waals surface area (Å²) in [4.78, 5) is 0. The Labute approximate surface area is 112 Å². The minimum Gasteiger partial charge on any atom is -0.0856 e. The van der Waals surface area contributed by atoms with Gasteiger partial charge in [0.25, 0.3) is 0 Å². The Bertz CT molecular complexity index is 400. The van der Waals surface area contributed by atoms with Crippen molar-refractivity contribution in [3.05, 3.63) is 58.7 Å². The third-order valence-corrected chi connectivity index (χ3v) is 3.14. The number of hydrogen-bond donors (Lipinski definition) is 0. The van der Waals surface area contributed by atoms with E-state index >= 15 is 0 Å². The molecule has 0 amide bonds. The number of allylic oxidation sites excluding steroid dienone is 4. The van der Waals surface area contributed by atoms with Crippen molar-refractivity contribution in [2.24, 2.45) is 0 Å². The van der Waals surface area contributed by atoms with Gasteiger partial charge in [-0.3, -0.25) is 0 Å². The Morgan fingerprint density at radius 3 is 2.22 bits per heavy atom. The van der Waals surface area contributed by atoms with Crippen LogP contribution in [-0.4, -0.2) is 0 Å². The molecular formula is C18H26. The molecule has 0 aliphatic heterocycles. The molecule has 0 nitrogen and oxygen atoms in total. The molecule has 0 aliphatic carbocycles. The van der Waals surface area contributed by atoms with E-state index in [1.54, 1.807) is 0 Å². The molecular weight excluding hydrogens is 216 g/mol. The van der Waals surface area contributed by atoms with Gasteiger partial charge >= 0.3 is 0 Å². The molecule has 0 unspecified atom stereocenters. The van der Waals surface area contributed by atoms with Crippen molar-refractivity contribution in [3.8, 4) is 0 Å². The molecule has 1 rings (SSSR count). The molecule has 0 bridgehead atoms. The first-order valence-electron chi connectivity index (χ1n) is 6.92. The topological polar surface area (TPSA) is 0 Å². The summed E-state index contributed by atoms with van der Waals surface area (Å²) in [6.07, 6.45) is 9.38. The minimum absolute atomic E-state index is 1.15. The van der Waals surface area contributed by atoms with E-state index in [0.29, 0.717) is 0 Å². The quantitative estimate of drug-likeness (QED) is 0.568. The first-order valence-corrected chi connectivity index (χ1v) is 6.92. The predicted octanol–water partition coefficient (Wildman–Crippen LogP) is 5.62. The monoisotopic (exact) mass is 242 g/mol. The summed E-state index contributed by atoms with van der Waals surface area (Å²) >= 11 is 0. The smallest absolute Gasteiger partial charge is 0.0244 e. The van der Waals surface area contributed by atoms with E-state index < -0.39 is 0 Å². The Kier molecular flexibility index (Phi) is 6.49. The number of aryl methyl sites for hydroxylation is 2. The Hall–Kier alpha value is -1.30. The van der Waals surface area contributed by atoms with Crippen molar-refractivity contribution in [2.45, 2.75) is 53.4 Å². The van der Waals surface area contributed by atoms with Gasteiger partial charge in [0.1, 0.15) is 0 Å². The van der Waals surface area contributed by atoms with Crippen LogP contribution in [0.5, 0.6) is 0 Å². The fourth-order valence-electron chi connectivity index (χ4n) is 1.93. The molecule has 0 heterocycles. The van der Waals surface area contributed by atoms with Crippen LogP contribution in [0.4, 0.5) is 0 Å². The van der Waals surface area contributed by atoms with Crippen LogP contribution in [0.2, 0.25) is 0 Å². The lowest BCUT2D eigenvalue weighted by atomic mass is 10.0. The summed E-state index contributed by atoms with van der Waals surface area (Å²) in [6, 6.07) is 8.87. The molecule has 98 valence electrons. The van der Waals surface area contributed by atoms with E-state index in [4.69, 9.17) is 0 Å². The maximum Gasteiger partial charge on any atom is -0.0244 e. The van der Waals surface area contributed by atoms with E-state index in [0.717, 1.165) is 12.8 Å². The molecule has 1 aromatic rings. The molecule has 0 N–H and O–H groups in total. The first kappa shape index (κ1) is 14.8. The summed E-state index contributed by atoms with van der Waals surface area (Å²) in [6.45, 7) is 8.71. The van der Waals surface area contributed by atoms with E-state index in [-0.39, 0.29) is 0 Å². The summed E-state index contributed by atoms with van der Waals surface area (Å²) in [7, 11) is 0. The van der Waals surface area contributed by atoms with Crippen LogP contribution >= 0.6 is 0 Å². The molecule has 0 atom stereocenters. The fraction of sp³-hybridized carbons (Fsp3) is 0.444. The van der Waals surface area contributed by atoms with Gasteiger partial charge < -0.3 is 0 Å². The van der Waals surface area contributed by atoms with Crippen LogP contribution in [0.25, 0.3) is 0 Å². The maximum absolute atomic E-state index is 2.39. The SMILES string of the molecule is CC(C)=CCC/C(C)=C/CCc1ccc(C)cc1. The first-order chi connectivity index (χ1) is 8.58. The van der Waals surface area contributed by atoms with Crippen LogP contribution in [0.1, 0.15) is 51.2 Å². The molecule has 0 aliphatic rings. The van der Waals surface area contributed by atoms with Crippen LogP contribution in [-0.2, 0) is 6.42 Å². The number of benzene rings is 1. The van der Waals surface area contributed by atoms with E-state index in [1.165, 1.54) is 35.1 Å². The van der Waals surface area contributed by atoms with Crippen LogP contribution in [0.15, 0.2) is 47.6 Å². The van der Waals surface area contributed by atoms with Gasteiger partial charge in [-0.25, -0.2) is 0 Å². The van der Waals surface area contributed by atoms with Crippen molar-refractivity contribution in [1.82, 2.24) is 0 Å². The Morgan fingerprint density at radius 2 is 1.61 bits per heavy atom. The average Bonchev–Trinajstić information content (AvgIpc) is 2.31. The third kappa shape index (κ3) is 6.44. The zero-order chi connectivity index (χ0) is 13.4. The molecule has 0 aromatic heterocycles. The van der Waals surface area contributed by atoms with Gasteiger partial charge in [0, 0.05) is 0 Å². The zero-order valence-corrected chi connectivity index (χ0v) is 12.3. The lowest BCUT2D eigenvalue weighted by molar-refractivity contribution is 0.925. The van der Waals surface area contributed by atoms with E-state index in [2.05, 4.69) is 64.1 Å². The highest BCUT2D eigenvalue weighted by Crippen LogP contribution is 2.10. The Morgan fingerprint density at radius 1 is 0.944 bits per heavy atom. The zero-order valence-electron chi connectivity index (χ0n) is 12.3. The van der Waals surface area contributed by atoms with Crippen molar-refractivity contribution >= 4 is 0 Å². The van der Waals surface area contributed by atoms with Gasteiger partial charge in [-0.05, 0) is 58.9 Å². The molecule has 18 heavy (non-hydrogen) atoms. The average molecular weight is 242 g/mol. The molecule has 0 radical (unpaired) electrons. The molecule has 0 saturated heterocycles. The van der Waals surface area contributed by atoms with Gasteiger partial charge in [-0.2, -0.15) is 0 Å². The number of hydrogen-bond acceptors (Lipinski definition) is 0. The van der Waals surface area contributed by atoms with Crippen molar-refractivity contribution in [2.75, 3.05) is 0 Å². The third-order valence-electron chi connectivity index (χ3n) is 3.14. The number of rotatable bonds is 6. The molecule has 0 heteroatoms. The van der Waals surface area contributed by atoms with Crippen molar-refractivity contribution in [1.29, 1.82) is 0 Å². The fourth-order valence-corrected chi connectivity index (χ4v) is 1.93.